The molecule has 5 fully saturated rings. The van der Waals surface area contributed by atoms with Crippen LogP contribution < -0.4 is 9.64 Å². The molecule has 1 saturated heterocycles. The number of ether oxygens (including phenoxy) is 1. The van der Waals surface area contributed by atoms with Crippen molar-refractivity contribution in [1.82, 2.24) is 0 Å². The predicted molar refractivity (Wildman–Crippen MR) is 94.3 cm³/mol. The highest BCUT2D eigenvalue weighted by molar-refractivity contribution is 5.56. The van der Waals surface area contributed by atoms with E-state index in [1.54, 1.807) is 5.56 Å². The summed E-state index contributed by atoms with van der Waals surface area (Å²) in [6.07, 6.45) is 11.5. The molecular weight excluding hydrogens is 282 g/mol. The van der Waals surface area contributed by atoms with Crippen LogP contribution in [0.1, 0.15) is 56.9 Å². The first kappa shape index (κ1) is 14.2. The third-order valence-electron chi connectivity index (χ3n) is 7.26. The standard InChI is InChI=1S/C21H29NO/c1-23-20-5-4-18(22-6-2-3-7-22)11-19(20)21-12-15-8-16(13-21)10-17(9-15)14-21/h4-5,11,15-17H,2-3,6-10,12-14H2,1H3. The third-order valence-corrected chi connectivity index (χ3v) is 7.26. The van der Waals surface area contributed by atoms with E-state index in [1.165, 1.54) is 70.1 Å². The van der Waals surface area contributed by atoms with Crippen molar-refractivity contribution in [1.29, 1.82) is 0 Å². The number of anilines is 1. The molecule has 6 rings (SSSR count). The van der Waals surface area contributed by atoms with Crippen molar-refractivity contribution < 1.29 is 4.74 Å². The average molecular weight is 311 g/mol. The lowest BCUT2D eigenvalue weighted by Gasteiger charge is -2.57. The molecule has 4 bridgehead atoms. The van der Waals surface area contributed by atoms with E-state index >= 15 is 0 Å². The lowest BCUT2D eigenvalue weighted by Crippen LogP contribution is -2.48. The molecule has 2 heteroatoms. The topological polar surface area (TPSA) is 12.5 Å². The fourth-order valence-electron chi connectivity index (χ4n) is 6.72. The molecule has 0 radical (unpaired) electrons. The largest absolute Gasteiger partial charge is 0.496 e. The summed E-state index contributed by atoms with van der Waals surface area (Å²) in [4.78, 5) is 2.57. The Labute approximate surface area is 140 Å². The van der Waals surface area contributed by atoms with E-state index in [9.17, 15) is 0 Å². The van der Waals surface area contributed by atoms with Crippen LogP contribution >= 0.6 is 0 Å². The monoisotopic (exact) mass is 311 g/mol. The van der Waals surface area contributed by atoms with Gasteiger partial charge in [-0.2, -0.15) is 0 Å². The zero-order valence-electron chi connectivity index (χ0n) is 14.4. The average Bonchev–Trinajstić information content (AvgIpc) is 3.07. The number of rotatable bonds is 3. The maximum absolute atomic E-state index is 5.83. The zero-order valence-corrected chi connectivity index (χ0v) is 14.4. The molecule has 0 N–H and O–H groups in total. The maximum Gasteiger partial charge on any atom is 0.122 e. The highest BCUT2D eigenvalue weighted by Gasteiger charge is 2.52. The fraction of sp³-hybridized carbons (Fsp3) is 0.714. The van der Waals surface area contributed by atoms with E-state index < -0.39 is 0 Å². The van der Waals surface area contributed by atoms with Crippen LogP contribution in [0.3, 0.4) is 0 Å². The van der Waals surface area contributed by atoms with Crippen molar-refractivity contribution in [3.63, 3.8) is 0 Å². The van der Waals surface area contributed by atoms with Gasteiger partial charge in [-0.25, -0.2) is 0 Å². The van der Waals surface area contributed by atoms with Crippen LogP contribution in [-0.4, -0.2) is 20.2 Å². The van der Waals surface area contributed by atoms with Crippen molar-refractivity contribution in [3.8, 4) is 5.75 Å². The van der Waals surface area contributed by atoms with Gasteiger partial charge in [-0.05, 0) is 92.7 Å². The second-order valence-electron chi connectivity index (χ2n) is 8.78. The Morgan fingerprint density at radius 2 is 1.57 bits per heavy atom. The van der Waals surface area contributed by atoms with Crippen molar-refractivity contribution in [2.75, 3.05) is 25.1 Å². The first-order valence-corrected chi connectivity index (χ1v) is 9.69. The second kappa shape index (κ2) is 5.16. The quantitative estimate of drug-likeness (QED) is 0.798. The highest BCUT2D eigenvalue weighted by Crippen LogP contribution is 2.62. The summed E-state index contributed by atoms with van der Waals surface area (Å²) in [5, 5.41) is 0. The van der Waals surface area contributed by atoms with Gasteiger partial charge in [-0.15, -0.1) is 0 Å². The van der Waals surface area contributed by atoms with E-state index in [-0.39, 0.29) is 0 Å². The van der Waals surface area contributed by atoms with Gasteiger partial charge in [0.2, 0.25) is 0 Å². The third kappa shape index (κ3) is 2.21. The van der Waals surface area contributed by atoms with Crippen LogP contribution in [0, 0.1) is 17.8 Å². The Morgan fingerprint density at radius 1 is 0.957 bits per heavy atom. The molecular formula is C21H29NO. The van der Waals surface area contributed by atoms with Crippen molar-refractivity contribution in [2.45, 2.75) is 56.8 Å². The van der Waals surface area contributed by atoms with Crippen molar-refractivity contribution in [2.24, 2.45) is 17.8 Å². The molecule has 0 atom stereocenters. The molecule has 0 unspecified atom stereocenters. The summed E-state index contributed by atoms with van der Waals surface area (Å²) in [6, 6.07) is 7.05. The highest BCUT2D eigenvalue weighted by atomic mass is 16.5. The normalized spacial score (nSPS) is 38.3. The molecule has 1 aromatic carbocycles. The zero-order chi connectivity index (χ0) is 15.4. The maximum atomic E-state index is 5.83. The molecule has 0 aromatic heterocycles. The molecule has 1 aromatic rings. The molecule has 4 aliphatic carbocycles. The molecule has 2 nitrogen and oxygen atoms in total. The van der Waals surface area contributed by atoms with Crippen LogP contribution in [0.5, 0.6) is 5.75 Å². The first-order valence-electron chi connectivity index (χ1n) is 9.69. The van der Waals surface area contributed by atoms with Gasteiger partial charge in [-0.1, -0.05) is 0 Å². The molecule has 1 heterocycles. The van der Waals surface area contributed by atoms with Gasteiger partial charge in [0.1, 0.15) is 5.75 Å². The molecule has 5 aliphatic rings. The van der Waals surface area contributed by atoms with E-state index in [0.717, 1.165) is 23.5 Å². The summed E-state index contributed by atoms with van der Waals surface area (Å²) in [5.41, 5.74) is 3.41. The van der Waals surface area contributed by atoms with Gasteiger partial charge in [0, 0.05) is 24.3 Å². The number of nitrogens with zero attached hydrogens (tertiary/aromatic N) is 1. The minimum absolute atomic E-state index is 0.426. The van der Waals surface area contributed by atoms with Crippen molar-refractivity contribution >= 4 is 5.69 Å². The van der Waals surface area contributed by atoms with Gasteiger partial charge in [0.05, 0.1) is 7.11 Å². The Hall–Kier alpha value is -1.18. The van der Waals surface area contributed by atoms with E-state index in [0.29, 0.717) is 5.41 Å². The predicted octanol–water partition coefficient (Wildman–Crippen LogP) is 4.76. The van der Waals surface area contributed by atoms with Gasteiger partial charge >= 0.3 is 0 Å². The van der Waals surface area contributed by atoms with Gasteiger partial charge < -0.3 is 9.64 Å². The van der Waals surface area contributed by atoms with Gasteiger partial charge in [0.25, 0.3) is 0 Å². The van der Waals surface area contributed by atoms with E-state index in [2.05, 4.69) is 23.1 Å². The van der Waals surface area contributed by atoms with Crippen LogP contribution in [0.25, 0.3) is 0 Å². The smallest absolute Gasteiger partial charge is 0.122 e. The number of hydrogen-bond acceptors (Lipinski definition) is 2. The minimum atomic E-state index is 0.426. The van der Waals surface area contributed by atoms with Crippen LogP contribution in [0.15, 0.2) is 18.2 Å². The van der Waals surface area contributed by atoms with Gasteiger partial charge in [0.15, 0.2) is 0 Å². The summed E-state index contributed by atoms with van der Waals surface area (Å²) in [6.45, 7) is 2.46. The number of hydrogen-bond donors (Lipinski definition) is 0. The minimum Gasteiger partial charge on any atom is -0.496 e. The summed E-state index contributed by atoms with van der Waals surface area (Å²) in [5.74, 6) is 4.11. The summed E-state index contributed by atoms with van der Waals surface area (Å²) < 4.78 is 5.83. The second-order valence-corrected chi connectivity index (χ2v) is 8.78. The summed E-state index contributed by atoms with van der Waals surface area (Å²) >= 11 is 0. The molecule has 124 valence electrons. The Bertz CT molecular complexity index is 567. The Morgan fingerprint density at radius 3 is 2.13 bits per heavy atom. The van der Waals surface area contributed by atoms with Crippen LogP contribution in [-0.2, 0) is 5.41 Å². The van der Waals surface area contributed by atoms with Gasteiger partial charge in [-0.3, -0.25) is 0 Å². The fourth-order valence-corrected chi connectivity index (χ4v) is 6.72. The summed E-state index contributed by atoms with van der Waals surface area (Å²) in [7, 11) is 1.86. The van der Waals surface area contributed by atoms with Crippen LogP contribution in [0.2, 0.25) is 0 Å². The van der Waals surface area contributed by atoms with Crippen LogP contribution in [0.4, 0.5) is 5.69 Å². The van der Waals surface area contributed by atoms with Crippen molar-refractivity contribution in [3.05, 3.63) is 23.8 Å². The Balaban J connectivity index is 1.56. The molecule has 0 amide bonds. The SMILES string of the molecule is COc1ccc(N2CCCC2)cc1C12CC3CC(CC(C3)C1)C2. The Kier molecular flexibility index (Phi) is 3.18. The number of benzene rings is 1. The molecule has 1 aliphatic heterocycles. The molecule has 0 spiro atoms. The molecule has 23 heavy (non-hydrogen) atoms. The molecule has 4 saturated carbocycles. The lowest BCUT2D eigenvalue weighted by molar-refractivity contribution is -0.00613. The lowest BCUT2D eigenvalue weighted by atomic mass is 9.48. The van der Waals surface area contributed by atoms with E-state index in [1.807, 2.05) is 7.11 Å². The number of methoxy groups -OCH3 is 1. The first-order chi connectivity index (χ1) is 11.3. The van der Waals surface area contributed by atoms with E-state index in [4.69, 9.17) is 4.74 Å².